The van der Waals surface area contributed by atoms with Gasteiger partial charge < -0.3 is 30.4 Å². The van der Waals surface area contributed by atoms with Crippen molar-refractivity contribution in [3.63, 3.8) is 0 Å². The monoisotopic (exact) mass is 730 g/mol. The zero-order chi connectivity index (χ0) is 38.0. The third-order valence-corrected chi connectivity index (χ3v) is 11.8. The van der Waals surface area contributed by atoms with E-state index in [2.05, 4.69) is 69.1 Å². The number of rotatable bonds is 11. The number of aromatic nitrogens is 4. The van der Waals surface area contributed by atoms with Crippen LogP contribution in [0.5, 0.6) is 0 Å². The molecule has 8 rings (SSSR count). The number of likely N-dealkylation sites (tertiary alicyclic amines) is 2. The molecular weight excluding hydrogens is 681 g/mol. The minimum atomic E-state index is -0.552. The highest BCUT2D eigenvalue weighted by Gasteiger charge is 2.57. The van der Waals surface area contributed by atoms with Crippen LogP contribution in [0.3, 0.4) is 0 Å². The molecule has 4 fully saturated rings. The van der Waals surface area contributed by atoms with Crippen LogP contribution < -0.4 is 10.6 Å². The number of H-pyrrole nitrogens is 2. The molecule has 2 aliphatic carbocycles. The number of amides is 4. The molecule has 12 nitrogen and oxygen atoms in total. The maximum absolute atomic E-state index is 13.7. The molecule has 282 valence electrons. The molecule has 2 aromatic heterocycles. The van der Waals surface area contributed by atoms with E-state index in [0.717, 1.165) is 71.0 Å². The lowest BCUT2D eigenvalue weighted by atomic mass is 10.0. The third-order valence-electron chi connectivity index (χ3n) is 11.8. The Balaban J connectivity index is 0.936. The summed E-state index contributed by atoms with van der Waals surface area (Å²) >= 11 is 0. The van der Waals surface area contributed by atoms with Gasteiger partial charge in [-0.2, -0.15) is 0 Å². The first-order valence-electron chi connectivity index (χ1n) is 19.4. The van der Waals surface area contributed by atoms with Gasteiger partial charge in [-0.3, -0.25) is 19.2 Å². The second-order valence-electron chi connectivity index (χ2n) is 16.5. The molecule has 0 unspecified atom stereocenters. The molecule has 0 spiro atoms. The molecule has 12 heteroatoms. The highest BCUT2D eigenvalue weighted by molar-refractivity contribution is 5.89. The molecule has 54 heavy (non-hydrogen) atoms. The number of carbonyl (C=O) groups is 4. The van der Waals surface area contributed by atoms with Gasteiger partial charge in [0.05, 0.1) is 35.9 Å². The van der Waals surface area contributed by atoms with Gasteiger partial charge in [0, 0.05) is 25.9 Å². The molecule has 2 saturated carbocycles. The van der Waals surface area contributed by atoms with E-state index in [0.29, 0.717) is 11.8 Å². The Kier molecular flexibility index (Phi) is 9.18. The molecule has 4 heterocycles. The molecule has 0 bridgehead atoms. The van der Waals surface area contributed by atoms with Crippen molar-refractivity contribution in [2.24, 2.45) is 23.7 Å². The van der Waals surface area contributed by atoms with E-state index in [1.54, 1.807) is 0 Å². The predicted octanol–water partition coefficient (Wildman–Crippen LogP) is 5.78. The minimum absolute atomic E-state index is 0.0154. The summed E-state index contributed by atoms with van der Waals surface area (Å²) in [6.45, 7) is 10.8. The molecular formula is C42H50N8O4. The van der Waals surface area contributed by atoms with Crippen molar-refractivity contribution in [1.82, 2.24) is 40.4 Å². The average molecular weight is 731 g/mol. The van der Waals surface area contributed by atoms with Crippen LogP contribution in [0, 0.1) is 23.7 Å². The Morgan fingerprint density at radius 3 is 1.28 bits per heavy atom. The molecule has 8 atom stereocenters. The summed E-state index contributed by atoms with van der Waals surface area (Å²) in [4.78, 5) is 71.6. The Labute approximate surface area is 315 Å². The highest BCUT2D eigenvalue weighted by atomic mass is 16.2. The second kappa shape index (κ2) is 13.9. The van der Waals surface area contributed by atoms with Gasteiger partial charge in [0.15, 0.2) is 0 Å². The first kappa shape index (κ1) is 35.8. The van der Waals surface area contributed by atoms with Crippen molar-refractivity contribution in [3.05, 3.63) is 72.6 Å². The summed E-state index contributed by atoms with van der Waals surface area (Å²) in [5.74, 6) is 2.05. The summed E-state index contributed by atoms with van der Waals surface area (Å²) < 4.78 is 0. The maximum atomic E-state index is 13.7. The number of imidazole rings is 2. The lowest BCUT2D eigenvalue weighted by molar-refractivity contribution is -0.139. The van der Waals surface area contributed by atoms with E-state index in [-0.39, 0.29) is 59.6 Å². The summed E-state index contributed by atoms with van der Waals surface area (Å²) in [5.41, 5.74) is 5.97. The number of piperidine rings is 2. The third kappa shape index (κ3) is 6.71. The van der Waals surface area contributed by atoms with Crippen molar-refractivity contribution in [2.45, 2.75) is 103 Å². The van der Waals surface area contributed by atoms with Crippen LogP contribution in [0.1, 0.15) is 91.0 Å². The van der Waals surface area contributed by atoms with E-state index < -0.39 is 12.1 Å². The Hall–Kier alpha value is -5.26. The van der Waals surface area contributed by atoms with Crippen LogP contribution in [0.15, 0.2) is 60.9 Å². The maximum Gasteiger partial charge on any atom is 0.246 e. The van der Waals surface area contributed by atoms with Gasteiger partial charge in [0.2, 0.25) is 23.6 Å². The molecule has 4 N–H and O–H groups in total. The SMILES string of the molecule is CC(=O)N[C@@H](C(=O)N1[C@@H]2C[C@@H]2C[C@H]1c1ncc(-c2ccc(-c3ccc(-c4cnc([C@@H]5C[C@H]6C[C@H]6N5C(=O)[C@H](NC(C)=O)C(C)C)[nH]4)cc3)cc2)[nH]1)C(C)C. The molecule has 2 aliphatic heterocycles. The lowest BCUT2D eigenvalue weighted by Crippen LogP contribution is -2.51. The number of nitrogens with one attached hydrogen (secondary N) is 4. The van der Waals surface area contributed by atoms with Crippen LogP contribution in [0.4, 0.5) is 0 Å². The molecule has 4 aromatic rings. The number of hydrogen-bond acceptors (Lipinski definition) is 6. The Morgan fingerprint density at radius 1 is 0.593 bits per heavy atom. The molecule has 2 aromatic carbocycles. The molecule has 4 aliphatic rings. The van der Waals surface area contributed by atoms with E-state index in [4.69, 9.17) is 9.97 Å². The largest absolute Gasteiger partial charge is 0.344 e. The smallest absolute Gasteiger partial charge is 0.246 e. The zero-order valence-corrected chi connectivity index (χ0v) is 31.8. The van der Waals surface area contributed by atoms with Gasteiger partial charge in [-0.25, -0.2) is 9.97 Å². The van der Waals surface area contributed by atoms with Gasteiger partial charge in [-0.15, -0.1) is 0 Å². The molecule has 4 amide bonds. The van der Waals surface area contributed by atoms with Crippen molar-refractivity contribution >= 4 is 23.6 Å². The number of aromatic amines is 2. The van der Waals surface area contributed by atoms with Gasteiger partial charge >= 0.3 is 0 Å². The van der Waals surface area contributed by atoms with E-state index in [1.807, 2.05) is 49.9 Å². The fourth-order valence-electron chi connectivity index (χ4n) is 8.81. The minimum Gasteiger partial charge on any atom is -0.344 e. The fourth-order valence-corrected chi connectivity index (χ4v) is 8.81. The quantitative estimate of drug-likeness (QED) is 0.153. The number of carbonyl (C=O) groups excluding carboxylic acids is 4. The fraction of sp³-hybridized carbons (Fsp3) is 0.476. The number of benzene rings is 2. The topological polar surface area (TPSA) is 156 Å². The first-order chi connectivity index (χ1) is 25.9. The lowest BCUT2D eigenvalue weighted by Gasteiger charge is -2.32. The summed E-state index contributed by atoms with van der Waals surface area (Å²) in [6.07, 6.45) is 7.45. The summed E-state index contributed by atoms with van der Waals surface area (Å²) in [7, 11) is 0. The first-order valence-corrected chi connectivity index (χ1v) is 19.4. The number of nitrogens with zero attached hydrogens (tertiary/aromatic N) is 4. The van der Waals surface area contributed by atoms with Gasteiger partial charge in [0.25, 0.3) is 0 Å². The van der Waals surface area contributed by atoms with Crippen molar-refractivity contribution in [3.8, 4) is 33.6 Å². The van der Waals surface area contributed by atoms with E-state index in [1.165, 1.54) is 13.8 Å². The van der Waals surface area contributed by atoms with Gasteiger partial charge in [-0.1, -0.05) is 76.2 Å². The van der Waals surface area contributed by atoms with Crippen LogP contribution in [-0.2, 0) is 19.2 Å². The normalized spacial score (nSPS) is 25.0. The van der Waals surface area contributed by atoms with Crippen LogP contribution in [0.2, 0.25) is 0 Å². The van der Waals surface area contributed by atoms with Crippen molar-refractivity contribution in [2.75, 3.05) is 0 Å². The summed E-state index contributed by atoms with van der Waals surface area (Å²) in [6, 6.07) is 15.8. The zero-order valence-electron chi connectivity index (χ0n) is 31.8. The van der Waals surface area contributed by atoms with Crippen LogP contribution >= 0.6 is 0 Å². The second-order valence-corrected chi connectivity index (χ2v) is 16.5. The average Bonchev–Trinajstić information content (AvgIpc) is 3.74. The predicted molar refractivity (Wildman–Crippen MR) is 204 cm³/mol. The standard InChI is InChI=1S/C42H50N8O4/c1-21(2)37(45-23(5)51)41(53)49-33-15-29(33)17-35(49)39-43-19-31(47-39)27-11-7-25(8-12-27)26-9-13-28(14-10-26)32-20-44-40(48-32)36-18-30-16-34(30)50(36)42(54)38(22(3)4)46-24(6)52/h7-14,19-22,29-30,33-38H,15-18H2,1-6H3,(H,43,47)(H,44,48)(H,45,51)(H,46,52)/t29-,30-,33-,34-,35+,36+,37-,38-/m1/s1. The van der Waals surface area contributed by atoms with Crippen molar-refractivity contribution in [1.29, 1.82) is 0 Å². The molecule has 0 radical (unpaired) electrons. The molecule has 2 saturated heterocycles. The van der Waals surface area contributed by atoms with Crippen molar-refractivity contribution < 1.29 is 19.2 Å². The summed E-state index contributed by atoms with van der Waals surface area (Å²) in [5, 5.41) is 5.74. The Bertz CT molecular complexity index is 1920. The Morgan fingerprint density at radius 2 is 0.944 bits per heavy atom. The van der Waals surface area contributed by atoms with E-state index in [9.17, 15) is 19.2 Å². The number of hydrogen-bond donors (Lipinski definition) is 4. The van der Waals surface area contributed by atoms with Gasteiger partial charge in [-0.05, 0) is 71.6 Å². The van der Waals surface area contributed by atoms with E-state index >= 15 is 0 Å². The van der Waals surface area contributed by atoms with Gasteiger partial charge in [0.1, 0.15) is 23.7 Å². The number of fused-ring (bicyclic) bond motifs is 2. The highest BCUT2D eigenvalue weighted by Crippen LogP contribution is 2.54. The van der Waals surface area contributed by atoms with Crippen LogP contribution in [-0.4, -0.2) is 77.5 Å². The van der Waals surface area contributed by atoms with Crippen LogP contribution in [0.25, 0.3) is 33.6 Å².